The van der Waals surface area contributed by atoms with Crippen molar-refractivity contribution in [2.45, 2.75) is 6.92 Å². The van der Waals surface area contributed by atoms with Gasteiger partial charge in [-0.1, -0.05) is 11.3 Å². The van der Waals surface area contributed by atoms with Crippen LogP contribution in [0.3, 0.4) is 0 Å². The van der Waals surface area contributed by atoms with Crippen molar-refractivity contribution in [1.29, 1.82) is 0 Å². The molecule has 0 atom stereocenters. The summed E-state index contributed by atoms with van der Waals surface area (Å²) in [4.78, 5) is 28.3. The summed E-state index contributed by atoms with van der Waals surface area (Å²) in [6.45, 7) is 5.43. The number of carbonyl (C=O) groups excluding carboxylic acids is 1. The summed E-state index contributed by atoms with van der Waals surface area (Å²) in [5.74, 6) is -0.0520. The molecule has 0 bridgehead atoms. The first-order valence-electron chi connectivity index (χ1n) is 6.33. The van der Waals surface area contributed by atoms with Gasteiger partial charge in [0.05, 0.1) is 6.61 Å². The monoisotopic (exact) mass is 285 g/mol. The van der Waals surface area contributed by atoms with E-state index in [0.717, 1.165) is 30.1 Å². The minimum absolute atomic E-state index is 0.0520. The van der Waals surface area contributed by atoms with E-state index in [1.165, 1.54) is 4.57 Å². The zero-order valence-electron chi connectivity index (χ0n) is 11.3. The number of hydrogen-bond acceptors (Lipinski definition) is 5. The summed E-state index contributed by atoms with van der Waals surface area (Å²) in [5.41, 5.74) is 0.734. The molecule has 0 unspecified atom stereocenters. The zero-order chi connectivity index (χ0) is 14.0. The van der Waals surface area contributed by atoms with Gasteiger partial charge in [0.1, 0.15) is 4.88 Å². The molecule has 6 nitrogen and oxygen atoms in total. The summed E-state index contributed by atoms with van der Waals surface area (Å²) in [7, 11) is 1.68. The third kappa shape index (κ3) is 2.88. The first-order valence-corrected chi connectivity index (χ1v) is 7.15. The third-order valence-electron chi connectivity index (χ3n) is 3.56. The Kier molecular flexibility index (Phi) is 4.38. The van der Waals surface area contributed by atoms with E-state index in [2.05, 4.69) is 4.90 Å². The average Bonchev–Trinajstić information content (AvgIpc) is 2.67. The van der Waals surface area contributed by atoms with Crippen LogP contribution in [0.25, 0.3) is 0 Å². The number of aliphatic hydroxyl groups excluding tert-OH is 1. The van der Waals surface area contributed by atoms with Gasteiger partial charge in [0.2, 0.25) is 0 Å². The Balaban J connectivity index is 2.05. The molecule has 0 aliphatic carbocycles. The van der Waals surface area contributed by atoms with Gasteiger partial charge >= 0.3 is 4.87 Å². The molecule has 0 spiro atoms. The molecule has 1 aliphatic rings. The molecule has 19 heavy (non-hydrogen) atoms. The van der Waals surface area contributed by atoms with Gasteiger partial charge in [0, 0.05) is 45.5 Å². The molecule has 2 rings (SSSR count). The minimum Gasteiger partial charge on any atom is -0.395 e. The molecule has 0 aromatic carbocycles. The van der Waals surface area contributed by atoms with Gasteiger partial charge in [0.25, 0.3) is 5.91 Å². The molecule has 1 aromatic rings. The molecule has 2 heterocycles. The molecule has 1 N–H and O–H groups in total. The molecule has 0 radical (unpaired) electrons. The fraction of sp³-hybridized carbons (Fsp3) is 0.667. The fourth-order valence-electron chi connectivity index (χ4n) is 2.18. The first-order chi connectivity index (χ1) is 9.04. The van der Waals surface area contributed by atoms with Crippen LogP contribution in [-0.2, 0) is 7.05 Å². The van der Waals surface area contributed by atoms with E-state index in [4.69, 9.17) is 5.11 Å². The number of hydrogen-bond donors (Lipinski definition) is 1. The van der Waals surface area contributed by atoms with Crippen molar-refractivity contribution in [3.8, 4) is 0 Å². The quantitative estimate of drug-likeness (QED) is 0.813. The molecular weight excluding hydrogens is 266 g/mol. The Morgan fingerprint density at radius 1 is 1.32 bits per heavy atom. The molecule has 7 heteroatoms. The van der Waals surface area contributed by atoms with Gasteiger partial charge in [-0.25, -0.2) is 0 Å². The molecule has 106 valence electrons. The second-order valence-electron chi connectivity index (χ2n) is 4.70. The number of β-amino-alcohol motifs (C(OH)–C–C–N with tert-alkyl or cyclic N) is 1. The SMILES string of the molecule is Cc1c(C(=O)N2CCN(CCO)CC2)sc(=O)n1C. The number of nitrogens with zero attached hydrogens (tertiary/aromatic N) is 3. The summed E-state index contributed by atoms with van der Waals surface area (Å²) in [6.07, 6.45) is 0. The fourth-order valence-corrected chi connectivity index (χ4v) is 3.13. The van der Waals surface area contributed by atoms with Crippen LogP contribution >= 0.6 is 11.3 Å². The summed E-state index contributed by atoms with van der Waals surface area (Å²) < 4.78 is 1.51. The zero-order valence-corrected chi connectivity index (χ0v) is 12.1. The summed E-state index contributed by atoms with van der Waals surface area (Å²) in [6, 6.07) is 0. The van der Waals surface area contributed by atoms with E-state index in [9.17, 15) is 9.59 Å². The van der Waals surface area contributed by atoms with Crippen LogP contribution in [0, 0.1) is 6.92 Å². The van der Waals surface area contributed by atoms with Crippen LogP contribution in [-0.4, -0.2) is 64.7 Å². The standard InChI is InChI=1S/C12H19N3O3S/c1-9-10(19-12(18)13(9)2)11(17)15-5-3-14(4-6-15)7-8-16/h16H,3-8H2,1-2H3. The van der Waals surface area contributed by atoms with Crippen LogP contribution in [0.1, 0.15) is 15.4 Å². The molecule has 1 amide bonds. The van der Waals surface area contributed by atoms with Crippen LogP contribution in [0.5, 0.6) is 0 Å². The highest BCUT2D eigenvalue weighted by Gasteiger charge is 2.25. The molecular formula is C12H19N3O3S. The van der Waals surface area contributed by atoms with Crippen molar-refractivity contribution in [3.63, 3.8) is 0 Å². The number of aromatic nitrogens is 1. The van der Waals surface area contributed by atoms with Crippen LogP contribution < -0.4 is 4.87 Å². The lowest BCUT2D eigenvalue weighted by Gasteiger charge is -2.34. The number of aliphatic hydroxyl groups is 1. The number of rotatable bonds is 3. The molecule has 1 saturated heterocycles. The van der Waals surface area contributed by atoms with Crippen molar-refractivity contribution in [2.75, 3.05) is 39.3 Å². The van der Waals surface area contributed by atoms with Gasteiger partial charge < -0.3 is 14.6 Å². The van der Waals surface area contributed by atoms with Crippen molar-refractivity contribution in [3.05, 3.63) is 20.2 Å². The second kappa shape index (κ2) is 5.85. The lowest BCUT2D eigenvalue weighted by atomic mass is 10.2. The predicted molar refractivity (Wildman–Crippen MR) is 73.7 cm³/mol. The average molecular weight is 285 g/mol. The van der Waals surface area contributed by atoms with Gasteiger partial charge in [-0.15, -0.1) is 0 Å². The molecule has 0 saturated carbocycles. The smallest absolute Gasteiger partial charge is 0.307 e. The molecule has 1 fully saturated rings. The maximum atomic E-state index is 12.4. The summed E-state index contributed by atoms with van der Waals surface area (Å²) >= 11 is 1.02. The first kappa shape index (κ1) is 14.2. The Morgan fingerprint density at radius 2 is 1.95 bits per heavy atom. The maximum Gasteiger partial charge on any atom is 0.307 e. The Hall–Kier alpha value is -1.18. The Labute approximate surface area is 115 Å². The number of amides is 1. The van der Waals surface area contributed by atoms with Gasteiger partial charge in [-0.05, 0) is 6.92 Å². The van der Waals surface area contributed by atoms with E-state index in [-0.39, 0.29) is 17.4 Å². The normalized spacial score (nSPS) is 16.9. The second-order valence-corrected chi connectivity index (χ2v) is 5.66. The highest BCUT2D eigenvalue weighted by atomic mass is 32.1. The number of thiazole rings is 1. The summed E-state index contributed by atoms with van der Waals surface area (Å²) in [5, 5.41) is 8.88. The highest BCUT2D eigenvalue weighted by molar-refractivity contribution is 7.11. The highest BCUT2D eigenvalue weighted by Crippen LogP contribution is 2.15. The van der Waals surface area contributed by atoms with Crippen molar-refractivity contribution in [2.24, 2.45) is 7.05 Å². The van der Waals surface area contributed by atoms with E-state index in [1.807, 2.05) is 0 Å². The van der Waals surface area contributed by atoms with E-state index in [0.29, 0.717) is 24.5 Å². The van der Waals surface area contributed by atoms with Crippen molar-refractivity contribution < 1.29 is 9.90 Å². The number of carbonyl (C=O) groups is 1. The van der Waals surface area contributed by atoms with Crippen molar-refractivity contribution in [1.82, 2.24) is 14.4 Å². The Morgan fingerprint density at radius 3 is 2.42 bits per heavy atom. The molecule has 1 aromatic heterocycles. The van der Waals surface area contributed by atoms with Crippen LogP contribution in [0.2, 0.25) is 0 Å². The van der Waals surface area contributed by atoms with E-state index < -0.39 is 0 Å². The van der Waals surface area contributed by atoms with E-state index in [1.54, 1.807) is 18.9 Å². The van der Waals surface area contributed by atoms with Gasteiger partial charge in [-0.2, -0.15) is 0 Å². The van der Waals surface area contributed by atoms with E-state index >= 15 is 0 Å². The van der Waals surface area contributed by atoms with Crippen LogP contribution in [0.4, 0.5) is 0 Å². The topological polar surface area (TPSA) is 65.8 Å². The van der Waals surface area contributed by atoms with Crippen molar-refractivity contribution >= 4 is 17.2 Å². The molecule has 1 aliphatic heterocycles. The van der Waals surface area contributed by atoms with Crippen LogP contribution in [0.15, 0.2) is 4.79 Å². The lowest BCUT2D eigenvalue weighted by molar-refractivity contribution is 0.0618. The minimum atomic E-state index is -0.0974. The predicted octanol–water partition coefficient (Wildman–Crippen LogP) is -0.495. The number of piperazine rings is 1. The van der Waals surface area contributed by atoms with Gasteiger partial charge in [-0.3, -0.25) is 14.5 Å². The van der Waals surface area contributed by atoms with Gasteiger partial charge in [0.15, 0.2) is 0 Å². The Bertz CT molecular complexity index is 515. The third-order valence-corrected chi connectivity index (χ3v) is 4.69. The lowest BCUT2D eigenvalue weighted by Crippen LogP contribution is -2.49. The maximum absolute atomic E-state index is 12.4. The largest absolute Gasteiger partial charge is 0.395 e.